The summed E-state index contributed by atoms with van der Waals surface area (Å²) in [5, 5.41) is 9.03. The normalized spacial score (nSPS) is 40.5. The Morgan fingerprint density at radius 2 is 2.29 bits per heavy atom. The lowest BCUT2D eigenvalue weighted by atomic mass is 9.72. The molecule has 0 saturated carbocycles. The molecule has 1 aliphatic carbocycles. The van der Waals surface area contributed by atoms with Gasteiger partial charge in [-0.25, -0.2) is 0 Å². The number of carboxylic acids is 1. The predicted octanol–water partition coefficient (Wildman–Crippen LogP) is 0.682. The van der Waals surface area contributed by atoms with Gasteiger partial charge in [-0.3, -0.25) is 9.59 Å². The molecule has 1 N–H and O–H groups in total. The Hall–Kier alpha value is -1.32. The molecule has 76 valence electrons. The van der Waals surface area contributed by atoms with E-state index in [0.717, 1.165) is 0 Å². The average Bonchev–Trinajstić information content (AvgIpc) is 2.47. The van der Waals surface area contributed by atoms with Gasteiger partial charge in [0.2, 0.25) is 0 Å². The Balaban J connectivity index is 2.33. The van der Waals surface area contributed by atoms with Crippen molar-refractivity contribution in [2.75, 3.05) is 6.61 Å². The Kier molecular flexibility index (Phi) is 2.06. The number of carbonyl (C=O) groups is 2. The van der Waals surface area contributed by atoms with E-state index in [4.69, 9.17) is 9.84 Å². The fourth-order valence-corrected chi connectivity index (χ4v) is 2.28. The second-order valence-electron chi connectivity index (χ2n) is 3.93. The van der Waals surface area contributed by atoms with E-state index >= 15 is 0 Å². The van der Waals surface area contributed by atoms with E-state index in [1.54, 1.807) is 0 Å². The van der Waals surface area contributed by atoms with Gasteiger partial charge in [-0.1, -0.05) is 19.1 Å². The van der Waals surface area contributed by atoms with Crippen LogP contribution < -0.4 is 0 Å². The SMILES string of the molecule is C[C@@H]1C=C[C@@H]2COC(=O)[C@@H]2[C@H]1C(=O)O. The number of cyclic esters (lactones) is 1. The molecular formula is C10H12O4. The molecule has 0 amide bonds. The van der Waals surface area contributed by atoms with Crippen LogP contribution in [-0.4, -0.2) is 23.7 Å². The zero-order chi connectivity index (χ0) is 10.3. The number of fused-ring (bicyclic) bond motifs is 1. The van der Waals surface area contributed by atoms with Crippen molar-refractivity contribution in [3.05, 3.63) is 12.2 Å². The van der Waals surface area contributed by atoms with E-state index in [1.807, 2.05) is 19.1 Å². The van der Waals surface area contributed by atoms with Crippen molar-refractivity contribution in [3.63, 3.8) is 0 Å². The minimum atomic E-state index is -0.907. The maximum Gasteiger partial charge on any atom is 0.310 e. The molecule has 0 unspecified atom stereocenters. The fourth-order valence-electron chi connectivity index (χ4n) is 2.28. The van der Waals surface area contributed by atoms with Crippen LogP contribution in [0.5, 0.6) is 0 Å². The first-order valence-electron chi connectivity index (χ1n) is 4.69. The van der Waals surface area contributed by atoms with Crippen molar-refractivity contribution < 1.29 is 19.4 Å². The van der Waals surface area contributed by atoms with Crippen LogP contribution in [0.15, 0.2) is 12.2 Å². The lowest BCUT2D eigenvalue weighted by molar-refractivity contribution is -0.153. The van der Waals surface area contributed by atoms with Gasteiger partial charge in [0.1, 0.15) is 0 Å². The van der Waals surface area contributed by atoms with Crippen molar-refractivity contribution in [3.8, 4) is 0 Å². The average molecular weight is 196 g/mol. The second kappa shape index (κ2) is 3.12. The first-order valence-corrected chi connectivity index (χ1v) is 4.69. The van der Waals surface area contributed by atoms with Crippen molar-refractivity contribution in [2.45, 2.75) is 6.92 Å². The molecule has 4 nitrogen and oxygen atoms in total. The first-order chi connectivity index (χ1) is 6.61. The quantitative estimate of drug-likeness (QED) is 0.495. The summed E-state index contributed by atoms with van der Waals surface area (Å²) in [6.07, 6.45) is 3.77. The van der Waals surface area contributed by atoms with Crippen LogP contribution >= 0.6 is 0 Å². The van der Waals surface area contributed by atoms with E-state index in [-0.39, 0.29) is 17.8 Å². The van der Waals surface area contributed by atoms with Crippen LogP contribution in [0, 0.1) is 23.7 Å². The molecule has 0 aromatic rings. The molecule has 0 aromatic heterocycles. The Bertz CT molecular complexity index is 307. The molecule has 1 aliphatic heterocycles. The van der Waals surface area contributed by atoms with Crippen molar-refractivity contribution in [1.82, 2.24) is 0 Å². The molecule has 2 rings (SSSR count). The van der Waals surface area contributed by atoms with Crippen molar-refractivity contribution in [2.24, 2.45) is 23.7 Å². The van der Waals surface area contributed by atoms with Gasteiger partial charge in [-0.15, -0.1) is 0 Å². The smallest absolute Gasteiger partial charge is 0.310 e. The number of ether oxygens (including phenoxy) is 1. The van der Waals surface area contributed by atoms with Crippen LogP contribution in [0.1, 0.15) is 6.92 Å². The largest absolute Gasteiger partial charge is 0.481 e. The van der Waals surface area contributed by atoms with Crippen LogP contribution in [0.25, 0.3) is 0 Å². The van der Waals surface area contributed by atoms with Gasteiger partial charge in [-0.05, 0) is 5.92 Å². The maximum absolute atomic E-state index is 11.3. The summed E-state index contributed by atoms with van der Waals surface area (Å²) in [6, 6.07) is 0. The summed E-state index contributed by atoms with van der Waals surface area (Å²) < 4.78 is 4.88. The van der Waals surface area contributed by atoms with Crippen LogP contribution in [0.4, 0.5) is 0 Å². The van der Waals surface area contributed by atoms with Gasteiger partial charge >= 0.3 is 11.9 Å². The Labute approximate surface area is 81.6 Å². The summed E-state index contributed by atoms with van der Waals surface area (Å²) >= 11 is 0. The monoisotopic (exact) mass is 196 g/mol. The number of carboxylic acid groups (broad SMARTS) is 1. The van der Waals surface area contributed by atoms with Crippen LogP contribution in [0.3, 0.4) is 0 Å². The molecule has 2 aliphatic rings. The summed E-state index contributed by atoms with van der Waals surface area (Å²) in [4.78, 5) is 22.4. The van der Waals surface area contributed by atoms with Gasteiger partial charge in [-0.2, -0.15) is 0 Å². The number of rotatable bonds is 1. The number of esters is 1. The van der Waals surface area contributed by atoms with Crippen molar-refractivity contribution in [1.29, 1.82) is 0 Å². The molecule has 0 spiro atoms. The molecule has 1 fully saturated rings. The summed E-state index contributed by atoms with van der Waals surface area (Å²) in [5.41, 5.74) is 0. The van der Waals surface area contributed by atoms with E-state index in [2.05, 4.69) is 0 Å². The molecule has 1 heterocycles. The van der Waals surface area contributed by atoms with Gasteiger partial charge in [0.05, 0.1) is 18.4 Å². The van der Waals surface area contributed by atoms with E-state index in [1.165, 1.54) is 0 Å². The molecule has 4 heteroatoms. The lowest BCUT2D eigenvalue weighted by Gasteiger charge is -2.27. The third kappa shape index (κ3) is 1.22. The van der Waals surface area contributed by atoms with Gasteiger partial charge < -0.3 is 9.84 Å². The minimum Gasteiger partial charge on any atom is -0.481 e. The van der Waals surface area contributed by atoms with Crippen LogP contribution in [0.2, 0.25) is 0 Å². The lowest BCUT2D eigenvalue weighted by Crippen LogP contribution is -2.37. The highest BCUT2D eigenvalue weighted by Gasteiger charge is 2.48. The zero-order valence-electron chi connectivity index (χ0n) is 7.84. The molecule has 1 saturated heterocycles. The van der Waals surface area contributed by atoms with Crippen molar-refractivity contribution >= 4 is 11.9 Å². The third-order valence-corrected chi connectivity index (χ3v) is 3.05. The predicted molar refractivity (Wildman–Crippen MR) is 47.4 cm³/mol. The standard InChI is InChI=1S/C10H12O4/c1-5-2-3-6-4-14-10(13)8(6)7(5)9(11)12/h2-3,5-8H,4H2,1H3,(H,11,12)/t5-,6-,7+,8+/m1/s1. The molecule has 14 heavy (non-hydrogen) atoms. The van der Waals surface area contributed by atoms with Gasteiger partial charge in [0, 0.05) is 5.92 Å². The maximum atomic E-state index is 11.3. The summed E-state index contributed by atoms with van der Waals surface area (Å²) in [6.45, 7) is 2.15. The molecule has 0 radical (unpaired) electrons. The summed E-state index contributed by atoms with van der Waals surface area (Å²) in [7, 11) is 0. The van der Waals surface area contributed by atoms with E-state index < -0.39 is 17.8 Å². The van der Waals surface area contributed by atoms with Gasteiger partial charge in [0.25, 0.3) is 0 Å². The Morgan fingerprint density at radius 1 is 1.57 bits per heavy atom. The fraction of sp³-hybridized carbons (Fsp3) is 0.600. The zero-order valence-corrected chi connectivity index (χ0v) is 7.84. The highest BCUT2D eigenvalue weighted by molar-refractivity contribution is 5.83. The van der Waals surface area contributed by atoms with E-state index in [9.17, 15) is 9.59 Å². The number of hydrogen-bond donors (Lipinski definition) is 1. The minimum absolute atomic E-state index is 0.0419. The topological polar surface area (TPSA) is 63.6 Å². The second-order valence-corrected chi connectivity index (χ2v) is 3.93. The highest BCUT2D eigenvalue weighted by atomic mass is 16.5. The molecule has 0 bridgehead atoms. The Morgan fingerprint density at radius 3 is 2.93 bits per heavy atom. The highest BCUT2D eigenvalue weighted by Crippen LogP contribution is 2.38. The van der Waals surface area contributed by atoms with Crippen LogP contribution in [-0.2, 0) is 14.3 Å². The summed E-state index contributed by atoms with van der Waals surface area (Å²) in [5.74, 6) is -2.51. The number of hydrogen-bond acceptors (Lipinski definition) is 3. The molecule has 0 aromatic carbocycles. The molecule has 4 atom stereocenters. The molecular weight excluding hydrogens is 184 g/mol. The number of aliphatic carboxylic acids is 1. The van der Waals surface area contributed by atoms with E-state index in [0.29, 0.717) is 6.61 Å². The third-order valence-electron chi connectivity index (χ3n) is 3.05. The number of carbonyl (C=O) groups excluding carboxylic acids is 1. The number of allylic oxidation sites excluding steroid dienone is 1. The first kappa shape index (κ1) is 9.24. The van der Waals surface area contributed by atoms with Gasteiger partial charge in [0.15, 0.2) is 0 Å².